The van der Waals surface area contributed by atoms with Crippen molar-refractivity contribution in [2.75, 3.05) is 0 Å². The molecule has 2 aromatic heterocycles. The molecule has 0 aliphatic heterocycles. The standard InChI is InChI=1S/C11H11BrN4O2/c1-7-9(6-14-17)11(16(2)15-7)18-10-4-3-8(12)5-13-10/h3-6,17H,1-2H3. The smallest absolute Gasteiger partial charge is 0.228 e. The highest BCUT2D eigenvalue weighted by Crippen LogP contribution is 2.25. The van der Waals surface area contributed by atoms with Crippen LogP contribution in [-0.4, -0.2) is 26.2 Å². The molecule has 0 fully saturated rings. The van der Waals surface area contributed by atoms with Crippen LogP contribution in [0.25, 0.3) is 0 Å². The van der Waals surface area contributed by atoms with Crippen molar-refractivity contribution in [2.45, 2.75) is 6.92 Å². The van der Waals surface area contributed by atoms with Gasteiger partial charge in [0, 0.05) is 23.8 Å². The van der Waals surface area contributed by atoms with E-state index in [1.54, 1.807) is 30.9 Å². The minimum absolute atomic E-state index is 0.439. The maximum atomic E-state index is 8.64. The average molecular weight is 311 g/mol. The molecule has 94 valence electrons. The fraction of sp³-hybridized carbons (Fsp3) is 0.182. The van der Waals surface area contributed by atoms with Gasteiger partial charge in [-0.25, -0.2) is 9.67 Å². The summed E-state index contributed by atoms with van der Waals surface area (Å²) in [5.41, 5.74) is 1.33. The zero-order chi connectivity index (χ0) is 13.1. The highest BCUT2D eigenvalue weighted by molar-refractivity contribution is 9.10. The van der Waals surface area contributed by atoms with E-state index in [2.05, 4.69) is 31.2 Å². The lowest BCUT2D eigenvalue weighted by Crippen LogP contribution is -1.98. The summed E-state index contributed by atoms with van der Waals surface area (Å²) in [5, 5.41) is 15.8. The van der Waals surface area contributed by atoms with Crippen LogP contribution in [0, 0.1) is 6.92 Å². The number of nitrogens with zero attached hydrogens (tertiary/aromatic N) is 4. The van der Waals surface area contributed by atoms with E-state index in [4.69, 9.17) is 9.94 Å². The monoisotopic (exact) mass is 310 g/mol. The molecule has 2 aromatic rings. The predicted octanol–water partition coefficient (Wildman–Crippen LogP) is 2.49. The van der Waals surface area contributed by atoms with E-state index >= 15 is 0 Å². The fourth-order valence-electron chi connectivity index (χ4n) is 1.50. The number of hydrogen-bond acceptors (Lipinski definition) is 5. The van der Waals surface area contributed by atoms with Gasteiger partial charge in [0.15, 0.2) is 0 Å². The lowest BCUT2D eigenvalue weighted by molar-refractivity contribution is 0.321. The van der Waals surface area contributed by atoms with Crippen LogP contribution >= 0.6 is 15.9 Å². The number of aromatic nitrogens is 3. The summed E-state index contributed by atoms with van der Waals surface area (Å²) in [5.74, 6) is 0.911. The lowest BCUT2D eigenvalue weighted by atomic mass is 10.3. The number of oxime groups is 1. The van der Waals surface area contributed by atoms with Gasteiger partial charge in [0.2, 0.25) is 11.8 Å². The van der Waals surface area contributed by atoms with Gasteiger partial charge < -0.3 is 9.94 Å². The summed E-state index contributed by atoms with van der Waals surface area (Å²) in [4.78, 5) is 4.11. The number of hydrogen-bond donors (Lipinski definition) is 1. The molecule has 2 heterocycles. The SMILES string of the molecule is Cc1nn(C)c(Oc2ccc(Br)cn2)c1C=NO. The highest BCUT2D eigenvalue weighted by atomic mass is 79.9. The second-order valence-electron chi connectivity index (χ2n) is 3.59. The zero-order valence-electron chi connectivity index (χ0n) is 9.83. The minimum Gasteiger partial charge on any atom is -0.420 e. The van der Waals surface area contributed by atoms with Gasteiger partial charge in [-0.3, -0.25) is 0 Å². The maximum Gasteiger partial charge on any atom is 0.228 e. The van der Waals surface area contributed by atoms with Gasteiger partial charge in [-0.1, -0.05) is 5.16 Å². The van der Waals surface area contributed by atoms with Crippen LogP contribution < -0.4 is 4.74 Å². The van der Waals surface area contributed by atoms with Gasteiger partial charge >= 0.3 is 0 Å². The second-order valence-corrected chi connectivity index (χ2v) is 4.50. The van der Waals surface area contributed by atoms with Crippen LogP contribution in [0.4, 0.5) is 0 Å². The molecule has 0 bridgehead atoms. The molecule has 6 nitrogen and oxygen atoms in total. The molecule has 0 amide bonds. The van der Waals surface area contributed by atoms with Gasteiger partial charge in [0.1, 0.15) is 0 Å². The Morgan fingerprint density at radius 2 is 2.28 bits per heavy atom. The van der Waals surface area contributed by atoms with Crippen molar-refractivity contribution in [3.05, 3.63) is 34.1 Å². The van der Waals surface area contributed by atoms with Crippen molar-refractivity contribution in [1.82, 2.24) is 14.8 Å². The summed E-state index contributed by atoms with van der Waals surface area (Å²) >= 11 is 3.30. The van der Waals surface area contributed by atoms with Crippen molar-refractivity contribution in [3.8, 4) is 11.8 Å². The van der Waals surface area contributed by atoms with Crippen LogP contribution in [0.2, 0.25) is 0 Å². The van der Waals surface area contributed by atoms with E-state index in [9.17, 15) is 0 Å². The summed E-state index contributed by atoms with van der Waals surface area (Å²) in [6.45, 7) is 1.80. The maximum absolute atomic E-state index is 8.64. The molecule has 1 N–H and O–H groups in total. The number of pyridine rings is 1. The van der Waals surface area contributed by atoms with E-state index in [1.807, 2.05) is 6.07 Å². The van der Waals surface area contributed by atoms with Gasteiger partial charge in [-0.15, -0.1) is 0 Å². The van der Waals surface area contributed by atoms with Crippen molar-refractivity contribution < 1.29 is 9.94 Å². The first-order chi connectivity index (χ1) is 8.61. The summed E-state index contributed by atoms with van der Waals surface area (Å²) in [6.07, 6.45) is 2.93. The molecule has 0 radical (unpaired) electrons. The predicted molar refractivity (Wildman–Crippen MR) is 69.3 cm³/mol. The Morgan fingerprint density at radius 3 is 2.89 bits per heavy atom. The average Bonchev–Trinajstić information content (AvgIpc) is 2.59. The Morgan fingerprint density at radius 1 is 1.50 bits per heavy atom. The Hall–Kier alpha value is -1.89. The Bertz CT molecular complexity index is 577. The van der Waals surface area contributed by atoms with E-state index in [-0.39, 0.29) is 0 Å². The topological polar surface area (TPSA) is 72.5 Å². The normalized spacial score (nSPS) is 11.1. The molecule has 0 unspecified atom stereocenters. The molecular formula is C11H11BrN4O2. The van der Waals surface area contributed by atoms with Gasteiger partial charge in [0.25, 0.3) is 0 Å². The molecule has 0 saturated heterocycles. The lowest BCUT2D eigenvalue weighted by Gasteiger charge is -2.05. The number of rotatable bonds is 3. The van der Waals surface area contributed by atoms with Crippen molar-refractivity contribution in [3.63, 3.8) is 0 Å². The van der Waals surface area contributed by atoms with Crippen molar-refractivity contribution in [1.29, 1.82) is 0 Å². The highest BCUT2D eigenvalue weighted by Gasteiger charge is 2.14. The van der Waals surface area contributed by atoms with Gasteiger partial charge in [-0.2, -0.15) is 5.10 Å². The molecular weight excluding hydrogens is 300 g/mol. The van der Waals surface area contributed by atoms with Crippen molar-refractivity contribution in [2.24, 2.45) is 12.2 Å². The Balaban J connectivity index is 2.36. The number of aryl methyl sites for hydroxylation is 2. The second kappa shape index (κ2) is 5.18. The summed E-state index contributed by atoms with van der Waals surface area (Å²) < 4.78 is 8.07. The van der Waals surface area contributed by atoms with E-state index < -0.39 is 0 Å². The zero-order valence-corrected chi connectivity index (χ0v) is 11.4. The minimum atomic E-state index is 0.439. The van der Waals surface area contributed by atoms with Gasteiger partial charge in [-0.05, 0) is 28.9 Å². The first-order valence-corrected chi connectivity index (χ1v) is 5.91. The van der Waals surface area contributed by atoms with E-state index in [0.29, 0.717) is 23.0 Å². The molecule has 0 aliphatic carbocycles. The molecule has 18 heavy (non-hydrogen) atoms. The van der Waals surface area contributed by atoms with E-state index in [1.165, 1.54) is 6.21 Å². The van der Waals surface area contributed by atoms with Crippen LogP contribution in [0.1, 0.15) is 11.3 Å². The quantitative estimate of drug-likeness (QED) is 0.537. The fourth-order valence-corrected chi connectivity index (χ4v) is 1.74. The molecule has 7 heteroatoms. The number of halogens is 1. The van der Waals surface area contributed by atoms with Crippen molar-refractivity contribution >= 4 is 22.1 Å². The van der Waals surface area contributed by atoms with Crippen LogP contribution in [-0.2, 0) is 7.05 Å². The third kappa shape index (κ3) is 2.51. The van der Waals surface area contributed by atoms with Gasteiger partial charge in [0.05, 0.1) is 17.5 Å². The summed E-state index contributed by atoms with van der Waals surface area (Å²) in [7, 11) is 1.75. The largest absolute Gasteiger partial charge is 0.420 e. The third-order valence-electron chi connectivity index (χ3n) is 2.30. The summed E-state index contributed by atoms with van der Waals surface area (Å²) in [6, 6.07) is 3.55. The van der Waals surface area contributed by atoms with Crippen LogP contribution in [0.5, 0.6) is 11.8 Å². The Kier molecular flexibility index (Phi) is 3.61. The third-order valence-corrected chi connectivity index (χ3v) is 2.77. The van der Waals surface area contributed by atoms with Crippen LogP contribution in [0.3, 0.4) is 0 Å². The van der Waals surface area contributed by atoms with Crippen LogP contribution in [0.15, 0.2) is 28.0 Å². The molecule has 0 saturated carbocycles. The first-order valence-electron chi connectivity index (χ1n) is 5.12. The molecule has 0 aromatic carbocycles. The molecule has 0 spiro atoms. The molecule has 0 aliphatic rings. The van der Waals surface area contributed by atoms with E-state index in [0.717, 1.165) is 4.47 Å². The molecule has 0 atom stereocenters. The molecule has 2 rings (SSSR count). The Labute approximate surface area is 112 Å². The first kappa shape index (κ1) is 12.6. The number of ether oxygens (including phenoxy) is 1.